The second-order valence-corrected chi connectivity index (χ2v) is 11.0. The van der Waals surface area contributed by atoms with Crippen molar-refractivity contribution in [2.45, 2.75) is 136 Å². The second-order valence-electron chi connectivity index (χ2n) is 11.0. The molecule has 2 aliphatic carbocycles. The van der Waals surface area contributed by atoms with Gasteiger partial charge in [-0.25, -0.2) is 0 Å². The number of Topliss-reactive ketones (excluding diaryl/α,β-unsaturated/α-hetero) is 1. The first kappa shape index (κ1) is 31.5. The average molecular weight is 473 g/mol. The Morgan fingerprint density at radius 2 is 1.30 bits per heavy atom. The molecule has 3 rings (SSSR count). The van der Waals surface area contributed by atoms with Crippen LogP contribution in [0.5, 0.6) is 0 Å². The summed E-state index contributed by atoms with van der Waals surface area (Å²) in [6, 6.07) is 0. The highest BCUT2D eigenvalue weighted by Crippen LogP contribution is 2.32. The third kappa shape index (κ3) is 20.8. The average Bonchev–Trinajstić information content (AvgIpc) is 3.36. The van der Waals surface area contributed by atoms with Crippen LogP contribution in [0.1, 0.15) is 119 Å². The molecule has 1 N–H and O–H groups in total. The molecule has 1 saturated heterocycles. The van der Waals surface area contributed by atoms with Crippen molar-refractivity contribution in [2.24, 2.45) is 0 Å². The van der Waals surface area contributed by atoms with Crippen LogP contribution in [0.3, 0.4) is 0 Å². The van der Waals surface area contributed by atoms with Crippen molar-refractivity contribution in [2.75, 3.05) is 13.2 Å². The van der Waals surface area contributed by atoms with Crippen LogP contribution in [0.15, 0.2) is 0 Å². The van der Waals surface area contributed by atoms with Crippen LogP contribution in [-0.2, 0) is 28.6 Å². The largest absolute Gasteiger partial charge is 0.460 e. The Bertz CT molecular complexity index is 559. The van der Waals surface area contributed by atoms with Crippen LogP contribution >= 0.6 is 0 Å². The van der Waals surface area contributed by atoms with Gasteiger partial charge in [0.05, 0.1) is 12.0 Å². The minimum atomic E-state index is -0.789. The third-order valence-electron chi connectivity index (χ3n) is 4.87. The van der Waals surface area contributed by atoms with Gasteiger partial charge < -0.3 is 19.3 Å². The van der Waals surface area contributed by atoms with E-state index in [1.54, 1.807) is 0 Å². The number of hydrogen-bond donors (Lipinski definition) is 1. The number of hydrogen-bond acceptors (Lipinski definition) is 7. The van der Waals surface area contributed by atoms with Crippen molar-refractivity contribution < 1.29 is 33.7 Å². The van der Waals surface area contributed by atoms with Crippen LogP contribution < -0.4 is 0 Å². The summed E-state index contributed by atoms with van der Waals surface area (Å²) in [7, 11) is 0. The quantitative estimate of drug-likeness (QED) is 0.545. The summed E-state index contributed by atoms with van der Waals surface area (Å²) in [5.41, 5.74) is -1.57. The number of aliphatic hydroxyl groups is 1. The van der Waals surface area contributed by atoms with Crippen molar-refractivity contribution in [3.63, 3.8) is 0 Å². The standard InChI is InChI=1S/C11H20O3.C6H12O2.C5H8O.C4H8O/c1-10(2,3)14-9(12)8-11(13)6-4-5-7-11;1-5(7)8-6(2,3)4;6-5-3-1-2-4-5;1-2-4-5-3-1/h13H,4-8H2,1-3H3;1-4H3;1-4H2;1-4H2. The van der Waals surface area contributed by atoms with Crippen molar-refractivity contribution in [1.29, 1.82) is 0 Å². The molecule has 0 aromatic rings. The molecule has 1 heterocycles. The number of carbonyl (C=O) groups excluding carboxylic acids is 3. The Morgan fingerprint density at radius 3 is 1.55 bits per heavy atom. The zero-order valence-electron chi connectivity index (χ0n) is 22.1. The van der Waals surface area contributed by atoms with E-state index in [9.17, 15) is 19.5 Å². The van der Waals surface area contributed by atoms with Crippen molar-refractivity contribution >= 4 is 17.7 Å². The molecule has 33 heavy (non-hydrogen) atoms. The lowest BCUT2D eigenvalue weighted by atomic mass is 9.98. The van der Waals surface area contributed by atoms with Crippen LogP contribution in [0.2, 0.25) is 0 Å². The van der Waals surface area contributed by atoms with E-state index >= 15 is 0 Å². The lowest BCUT2D eigenvalue weighted by Gasteiger charge is -2.25. The lowest BCUT2D eigenvalue weighted by Crippen LogP contribution is -2.32. The number of ketones is 1. The molecular formula is C26H48O7. The normalized spacial score (nSPS) is 19.2. The molecule has 194 valence electrons. The number of carbonyl (C=O) groups is 3. The second kappa shape index (κ2) is 15.4. The van der Waals surface area contributed by atoms with E-state index in [-0.39, 0.29) is 24.0 Å². The summed E-state index contributed by atoms with van der Waals surface area (Å²) in [5, 5.41) is 9.96. The fourth-order valence-electron chi connectivity index (χ4n) is 3.57. The molecule has 0 radical (unpaired) electrons. The van der Waals surface area contributed by atoms with Gasteiger partial charge in [0.2, 0.25) is 0 Å². The number of rotatable bonds is 2. The summed E-state index contributed by atoms with van der Waals surface area (Å²) in [6.45, 7) is 14.4. The highest BCUT2D eigenvalue weighted by atomic mass is 16.6. The van der Waals surface area contributed by atoms with Crippen molar-refractivity contribution in [3.05, 3.63) is 0 Å². The minimum absolute atomic E-state index is 0.143. The van der Waals surface area contributed by atoms with E-state index in [4.69, 9.17) is 14.2 Å². The summed E-state index contributed by atoms with van der Waals surface area (Å²) >= 11 is 0. The van der Waals surface area contributed by atoms with Gasteiger partial charge in [0.1, 0.15) is 17.0 Å². The molecule has 0 unspecified atom stereocenters. The highest BCUT2D eigenvalue weighted by Gasteiger charge is 2.35. The van der Waals surface area contributed by atoms with E-state index in [1.807, 2.05) is 41.5 Å². The third-order valence-corrected chi connectivity index (χ3v) is 4.87. The molecule has 3 aliphatic rings. The molecule has 7 nitrogen and oxygen atoms in total. The van der Waals surface area contributed by atoms with Gasteiger partial charge in [-0.05, 0) is 80.1 Å². The Labute approximate surface area is 200 Å². The van der Waals surface area contributed by atoms with Crippen LogP contribution in [-0.4, -0.2) is 52.8 Å². The zero-order chi connectivity index (χ0) is 25.5. The SMILES string of the molecule is C1CCOC1.CC(=O)OC(C)(C)C.CC(C)(C)OC(=O)CC1(O)CCCC1.O=C1CCCC1. The maximum absolute atomic E-state index is 11.4. The van der Waals surface area contributed by atoms with E-state index in [2.05, 4.69) is 0 Å². The maximum Gasteiger partial charge on any atom is 0.309 e. The van der Waals surface area contributed by atoms with Gasteiger partial charge in [0, 0.05) is 33.0 Å². The molecule has 0 aromatic carbocycles. The zero-order valence-corrected chi connectivity index (χ0v) is 22.1. The lowest BCUT2D eigenvalue weighted by molar-refractivity contribution is -0.160. The molecule has 3 fully saturated rings. The van der Waals surface area contributed by atoms with Crippen LogP contribution in [0.25, 0.3) is 0 Å². The summed E-state index contributed by atoms with van der Waals surface area (Å²) in [5.74, 6) is -0.0607. The summed E-state index contributed by atoms with van der Waals surface area (Å²) < 4.78 is 14.9. The fraction of sp³-hybridized carbons (Fsp3) is 0.885. The Hall–Kier alpha value is -1.47. The molecule has 0 spiro atoms. The Balaban J connectivity index is 0.000000454. The monoisotopic (exact) mass is 472 g/mol. The smallest absolute Gasteiger partial charge is 0.309 e. The molecule has 0 atom stereocenters. The summed E-state index contributed by atoms with van der Waals surface area (Å²) in [4.78, 5) is 31.9. The number of esters is 2. The van der Waals surface area contributed by atoms with Gasteiger partial charge in [0.25, 0.3) is 0 Å². The molecule has 2 saturated carbocycles. The highest BCUT2D eigenvalue weighted by molar-refractivity contribution is 5.80. The summed E-state index contributed by atoms with van der Waals surface area (Å²) in [6.07, 6.45) is 10.2. The Morgan fingerprint density at radius 1 is 0.848 bits per heavy atom. The van der Waals surface area contributed by atoms with E-state index in [0.717, 1.165) is 64.6 Å². The van der Waals surface area contributed by atoms with Gasteiger partial charge in [-0.2, -0.15) is 0 Å². The topological polar surface area (TPSA) is 99.1 Å². The fourth-order valence-corrected chi connectivity index (χ4v) is 3.57. The molecule has 0 amide bonds. The first-order valence-electron chi connectivity index (χ1n) is 12.4. The molecule has 0 aromatic heterocycles. The van der Waals surface area contributed by atoms with Gasteiger partial charge in [0.15, 0.2) is 0 Å². The van der Waals surface area contributed by atoms with Gasteiger partial charge >= 0.3 is 11.9 Å². The van der Waals surface area contributed by atoms with Gasteiger partial charge in [-0.15, -0.1) is 0 Å². The van der Waals surface area contributed by atoms with Crippen LogP contribution in [0, 0.1) is 0 Å². The minimum Gasteiger partial charge on any atom is -0.460 e. The maximum atomic E-state index is 11.4. The van der Waals surface area contributed by atoms with Crippen LogP contribution in [0.4, 0.5) is 0 Å². The van der Waals surface area contributed by atoms with Gasteiger partial charge in [-0.1, -0.05) is 12.8 Å². The first-order chi connectivity index (χ1) is 15.1. The molecule has 1 aliphatic heterocycles. The van der Waals surface area contributed by atoms with Crippen molar-refractivity contribution in [3.8, 4) is 0 Å². The van der Waals surface area contributed by atoms with E-state index in [0.29, 0.717) is 5.78 Å². The number of ether oxygens (including phenoxy) is 3. The van der Waals surface area contributed by atoms with E-state index in [1.165, 1.54) is 19.8 Å². The predicted octanol–water partition coefficient (Wildman–Crippen LogP) is 5.30. The van der Waals surface area contributed by atoms with Gasteiger partial charge in [-0.3, -0.25) is 14.4 Å². The first-order valence-corrected chi connectivity index (χ1v) is 12.4. The predicted molar refractivity (Wildman–Crippen MR) is 129 cm³/mol. The molecule has 0 bridgehead atoms. The molecule has 7 heteroatoms. The van der Waals surface area contributed by atoms with Crippen molar-refractivity contribution in [1.82, 2.24) is 0 Å². The molecular weight excluding hydrogens is 424 g/mol. The van der Waals surface area contributed by atoms with E-state index < -0.39 is 11.2 Å². The Kier molecular flexibility index (Phi) is 14.7.